The number of unbranched alkanes of at least 4 members (excludes halogenated alkanes) is 2. The summed E-state index contributed by atoms with van der Waals surface area (Å²) in [5, 5.41) is 12.1. The number of carbonyl (C=O) groups excluding carboxylic acids is 3. The van der Waals surface area contributed by atoms with Crippen molar-refractivity contribution in [2.45, 2.75) is 71.9 Å². The van der Waals surface area contributed by atoms with E-state index < -0.39 is 17.9 Å². The lowest BCUT2D eigenvalue weighted by Crippen LogP contribution is -2.49. The third kappa shape index (κ3) is 5.42. The zero-order valence-corrected chi connectivity index (χ0v) is 18.8. The second-order valence-electron chi connectivity index (χ2n) is 8.58. The summed E-state index contributed by atoms with van der Waals surface area (Å²) in [7, 11) is 0. The molecule has 1 heterocycles. The number of fused-ring (bicyclic) bond motifs is 1. The van der Waals surface area contributed by atoms with Crippen LogP contribution in [0.25, 0.3) is 0 Å². The highest BCUT2D eigenvalue weighted by molar-refractivity contribution is 5.96. The van der Waals surface area contributed by atoms with Crippen molar-refractivity contribution >= 4 is 17.8 Å². The SMILES string of the molecule is CCCC(C)NC(=O)[C@@H]1[C@H]2C=C[C@@H](C)[C@@H](C(=O)OCC)[C@@H]2C(=O)N1CCCCCO. The Morgan fingerprint density at radius 1 is 1.23 bits per heavy atom. The summed E-state index contributed by atoms with van der Waals surface area (Å²) < 4.78 is 5.28. The van der Waals surface area contributed by atoms with E-state index in [4.69, 9.17) is 9.84 Å². The van der Waals surface area contributed by atoms with Gasteiger partial charge >= 0.3 is 5.97 Å². The Balaban J connectivity index is 2.30. The molecular formula is C23H38N2O5. The Kier molecular flexibility index (Phi) is 9.34. The number of hydrogen-bond donors (Lipinski definition) is 2. The number of nitrogens with one attached hydrogen (secondary N) is 1. The van der Waals surface area contributed by atoms with Crippen LogP contribution in [0.4, 0.5) is 0 Å². The summed E-state index contributed by atoms with van der Waals surface area (Å²) in [4.78, 5) is 41.0. The lowest BCUT2D eigenvalue weighted by atomic mass is 9.70. The van der Waals surface area contributed by atoms with Gasteiger partial charge in [-0.15, -0.1) is 0 Å². The van der Waals surface area contributed by atoms with Gasteiger partial charge in [-0.2, -0.15) is 0 Å². The van der Waals surface area contributed by atoms with Crippen molar-refractivity contribution < 1.29 is 24.2 Å². The average Bonchev–Trinajstić information content (AvgIpc) is 2.97. The van der Waals surface area contributed by atoms with Crippen molar-refractivity contribution in [2.24, 2.45) is 23.7 Å². The summed E-state index contributed by atoms with van der Waals surface area (Å²) in [5.74, 6) is -2.25. The maximum Gasteiger partial charge on any atom is 0.310 e. The van der Waals surface area contributed by atoms with E-state index in [0.717, 1.165) is 19.3 Å². The van der Waals surface area contributed by atoms with Crippen molar-refractivity contribution in [3.05, 3.63) is 12.2 Å². The van der Waals surface area contributed by atoms with Crippen LogP contribution >= 0.6 is 0 Å². The van der Waals surface area contributed by atoms with Crippen molar-refractivity contribution in [3.63, 3.8) is 0 Å². The lowest BCUT2D eigenvalue weighted by Gasteiger charge is -2.32. The minimum atomic E-state index is -0.614. The molecule has 1 saturated heterocycles. The summed E-state index contributed by atoms with van der Waals surface area (Å²) >= 11 is 0. The molecule has 30 heavy (non-hydrogen) atoms. The number of rotatable bonds is 11. The highest BCUT2D eigenvalue weighted by atomic mass is 16.5. The molecule has 1 unspecified atom stereocenters. The molecule has 1 aliphatic heterocycles. The minimum absolute atomic E-state index is 0.0280. The van der Waals surface area contributed by atoms with Crippen LogP contribution < -0.4 is 5.32 Å². The van der Waals surface area contributed by atoms with Gasteiger partial charge in [0.1, 0.15) is 6.04 Å². The second kappa shape index (κ2) is 11.5. The number of hydrogen-bond acceptors (Lipinski definition) is 5. The van der Waals surface area contributed by atoms with E-state index in [9.17, 15) is 14.4 Å². The molecule has 7 nitrogen and oxygen atoms in total. The molecule has 0 saturated carbocycles. The first-order chi connectivity index (χ1) is 14.4. The molecule has 0 aromatic heterocycles. The van der Waals surface area contributed by atoms with Crippen molar-refractivity contribution in [1.29, 1.82) is 0 Å². The van der Waals surface area contributed by atoms with Crippen LogP contribution in [0.2, 0.25) is 0 Å². The van der Waals surface area contributed by atoms with Gasteiger partial charge in [0.05, 0.1) is 18.4 Å². The van der Waals surface area contributed by atoms with Crippen LogP contribution in [0, 0.1) is 23.7 Å². The van der Waals surface area contributed by atoms with E-state index >= 15 is 0 Å². The maximum atomic E-state index is 13.4. The van der Waals surface area contributed by atoms with E-state index in [1.807, 2.05) is 26.0 Å². The van der Waals surface area contributed by atoms with Gasteiger partial charge in [-0.3, -0.25) is 14.4 Å². The number of carbonyl (C=O) groups is 3. The summed E-state index contributed by atoms with van der Waals surface area (Å²) in [5.41, 5.74) is 0. The largest absolute Gasteiger partial charge is 0.466 e. The normalized spacial score (nSPS) is 28.9. The Morgan fingerprint density at radius 3 is 2.60 bits per heavy atom. The summed E-state index contributed by atoms with van der Waals surface area (Å²) in [6.45, 7) is 8.55. The first-order valence-electron chi connectivity index (χ1n) is 11.4. The molecule has 6 atom stereocenters. The topological polar surface area (TPSA) is 95.9 Å². The van der Waals surface area contributed by atoms with Crippen molar-refractivity contribution in [1.82, 2.24) is 10.2 Å². The van der Waals surface area contributed by atoms with Gasteiger partial charge in [-0.25, -0.2) is 0 Å². The fraction of sp³-hybridized carbons (Fsp3) is 0.783. The predicted molar refractivity (Wildman–Crippen MR) is 114 cm³/mol. The fourth-order valence-corrected chi connectivity index (χ4v) is 4.84. The van der Waals surface area contributed by atoms with Crippen LogP contribution in [0.3, 0.4) is 0 Å². The molecule has 2 aliphatic rings. The lowest BCUT2D eigenvalue weighted by molar-refractivity contribution is -0.155. The molecule has 0 aromatic carbocycles. The van der Waals surface area contributed by atoms with E-state index in [-0.39, 0.29) is 48.9 Å². The Hall–Kier alpha value is -1.89. The fourth-order valence-electron chi connectivity index (χ4n) is 4.84. The Morgan fingerprint density at radius 2 is 1.97 bits per heavy atom. The van der Waals surface area contributed by atoms with Gasteiger partial charge in [0.15, 0.2) is 0 Å². The Labute approximate surface area is 180 Å². The van der Waals surface area contributed by atoms with Crippen LogP contribution in [-0.4, -0.2) is 59.6 Å². The number of aliphatic hydroxyl groups is 1. The maximum absolute atomic E-state index is 13.4. The quantitative estimate of drug-likeness (QED) is 0.303. The van der Waals surface area contributed by atoms with Gasteiger partial charge in [0.25, 0.3) is 0 Å². The smallest absolute Gasteiger partial charge is 0.310 e. The zero-order chi connectivity index (χ0) is 22.3. The molecule has 1 fully saturated rings. The Bertz CT molecular complexity index is 635. The zero-order valence-electron chi connectivity index (χ0n) is 18.8. The second-order valence-corrected chi connectivity index (χ2v) is 8.58. The standard InChI is InChI=1S/C23H38N2O5/c1-5-10-16(4)24-21(27)20-17-12-11-15(3)18(23(29)30-6-2)19(17)22(28)25(20)13-8-7-9-14-26/h11-12,15-20,26H,5-10,13-14H2,1-4H3,(H,24,27)/t15-,16?,17+,18-,19-,20+/m1/s1. The number of likely N-dealkylation sites (tertiary alicyclic amines) is 1. The molecule has 0 radical (unpaired) electrons. The summed E-state index contributed by atoms with van der Waals surface area (Å²) in [6, 6.07) is -0.586. The van der Waals surface area contributed by atoms with E-state index in [2.05, 4.69) is 12.2 Å². The average molecular weight is 423 g/mol. The molecule has 0 aromatic rings. The molecule has 7 heteroatoms. The summed E-state index contributed by atoms with van der Waals surface area (Å²) in [6.07, 6.45) is 7.89. The van der Waals surface area contributed by atoms with Gasteiger partial charge in [-0.05, 0) is 45.4 Å². The predicted octanol–water partition coefficient (Wildman–Crippen LogP) is 2.28. The van der Waals surface area contributed by atoms with Gasteiger partial charge in [0.2, 0.25) is 11.8 Å². The third-order valence-electron chi connectivity index (χ3n) is 6.27. The molecular weight excluding hydrogens is 384 g/mol. The number of aliphatic hydroxyl groups excluding tert-OH is 1. The van der Waals surface area contributed by atoms with Crippen LogP contribution in [0.5, 0.6) is 0 Å². The first-order valence-corrected chi connectivity index (χ1v) is 11.4. The highest BCUT2D eigenvalue weighted by Gasteiger charge is 2.56. The molecule has 1 aliphatic carbocycles. The third-order valence-corrected chi connectivity index (χ3v) is 6.27. The number of esters is 1. The molecule has 170 valence electrons. The molecule has 2 N–H and O–H groups in total. The monoisotopic (exact) mass is 422 g/mol. The van der Waals surface area contributed by atoms with Crippen LogP contribution in [0.15, 0.2) is 12.2 Å². The number of allylic oxidation sites excluding steroid dienone is 1. The molecule has 0 bridgehead atoms. The number of ether oxygens (including phenoxy) is 1. The van der Waals surface area contributed by atoms with Gasteiger partial charge in [0, 0.05) is 25.1 Å². The van der Waals surface area contributed by atoms with Crippen LogP contribution in [-0.2, 0) is 19.1 Å². The van der Waals surface area contributed by atoms with E-state index in [1.165, 1.54) is 0 Å². The van der Waals surface area contributed by atoms with Gasteiger partial charge in [-0.1, -0.05) is 32.4 Å². The minimum Gasteiger partial charge on any atom is -0.466 e. The molecule has 0 spiro atoms. The number of nitrogens with zero attached hydrogens (tertiary/aromatic N) is 1. The van der Waals surface area contributed by atoms with Crippen molar-refractivity contribution in [2.75, 3.05) is 19.8 Å². The van der Waals surface area contributed by atoms with E-state index in [0.29, 0.717) is 19.4 Å². The van der Waals surface area contributed by atoms with Crippen molar-refractivity contribution in [3.8, 4) is 0 Å². The number of amides is 2. The van der Waals surface area contributed by atoms with Crippen LogP contribution in [0.1, 0.15) is 59.8 Å². The van der Waals surface area contributed by atoms with E-state index in [1.54, 1.807) is 11.8 Å². The molecule has 2 amide bonds. The molecule has 2 rings (SSSR count). The van der Waals surface area contributed by atoms with Gasteiger partial charge < -0.3 is 20.1 Å². The first kappa shape index (κ1) is 24.4. The highest BCUT2D eigenvalue weighted by Crippen LogP contribution is 2.44.